The molecule has 74 valence electrons. The van der Waals surface area contributed by atoms with Crippen LogP contribution in [0.25, 0.3) is 10.8 Å². The van der Waals surface area contributed by atoms with Crippen molar-refractivity contribution in [1.29, 1.82) is 0 Å². The molecule has 14 heavy (non-hydrogen) atoms. The Labute approximate surface area is 81.6 Å². The van der Waals surface area contributed by atoms with E-state index in [2.05, 4.69) is 0 Å². The summed E-state index contributed by atoms with van der Waals surface area (Å²) in [5.41, 5.74) is 7.51. The fourth-order valence-corrected chi connectivity index (χ4v) is 0.670. The zero-order valence-electron chi connectivity index (χ0n) is 7.60. The molecule has 0 aromatic heterocycles. The lowest BCUT2D eigenvalue weighted by Gasteiger charge is -1.91. The minimum absolute atomic E-state index is 0.500. The third-order valence-electron chi connectivity index (χ3n) is 1.04. The highest BCUT2D eigenvalue weighted by Crippen LogP contribution is 2.03. The second-order valence-electron chi connectivity index (χ2n) is 2.10. The predicted octanol–water partition coefficient (Wildman–Crippen LogP) is 1.36. The molecule has 0 aliphatic carbocycles. The van der Waals surface area contributed by atoms with E-state index in [0.29, 0.717) is 12.2 Å². The predicted molar refractivity (Wildman–Crippen MR) is 53.7 cm³/mol. The lowest BCUT2D eigenvalue weighted by atomic mass is 10.2. The first-order valence-corrected chi connectivity index (χ1v) is 3.47. The maximum Gasteiger partial charge on any atom is 0.0316 e. The molecule has 0 radical (unpaired) electrons. The van der Waals surface area contributed by atoms with E-state index in [9.17, 15) is 0 Å². The summed E-state index contributed by atoms with van der Waals surface area (Å²) < 4.78 is 0. The number of carbonyl (C=O) groups excluding carboxylic acids is 2. The molecule has 0 saturated carbocycles. The van der Waals surface area contributed by atoms with E-state index in [1.807, 2.05) is 31.2 Å². The summed E-state index contributed by atoms with van der Waals surface area (Å²) in [6, 6.07) is 7.80. The minimum atomic E-state index is 0.500. The first-order valence-electron chi connectivity index (χ1n) is 3.47. The molecule has 0 unspecified atom stereocenters. The van der Waals surface area contributed by atoms with Gasteiger partial charge in [0.15, 0.2) is 0 Å². The highest BCUT2D eigenvalue weighted by atomic mass is 16.1. The first-order chi connectivity index (χ1) is 6.62. The van der Waals surface area contributed by atoms with Crippen LogP contribution in [0.15, 0.2) is 24.3 Å². The van der Waals surface area contributed by atoms with E-state index in [4.69, 9.17) is 26.1 Å². The number of isocyanates is 2. The van der Waals surface area contributed by atoms with Crippen molar-refractivity contribution in [1.82, 2.24) is 0 Å². The summed E-state index contributed by atoms with van der Waals surface area (Å²) in [5, 5.41) is 13.5. The number of aryl methyl sites for hydroxylation is 1. The monoisotopic (exact) mass is 191 g/mol. The third-order valence-corrected chi connectivity index (χ3v) is 1.04. The number of benzene rings is 1. The SMILES string of the molecule is Cc1cccc(N)c1.[N-]=C=O.[N-]=C=O. The molecule has 2 N–H and O–H groups in total. The maximum atomic E-state index is 8.24. The van der Waals surface area contributed by atoms with Gasteiger partial charge in [0.1, 0.15) is 0 Å². The van der Waals surface area contributed by atoms with Gasteiger partial charge in [0.25, 0.3) is 0 Å². The number of nitrogens with two attached hydrogens (primary N) is 1. The van der Waals surface area contributed by atoms with Crippen molar-refractivity contribution in [2.24, 2.45) is 0 Å². The second-order valence-corrected chi connectivity index (χ2v) is 2.10. The van der Waals surface area contributed by atoms with Crippen LogP contribution in [0.3, 0.4) is 0 Å². The Balaban J connectivity index is 0. The lowest BCUT2D eigenvalue weighted by Crippen LogP contribution is -1.82. The van der Waals surface area contributed by atoms with Gasteiger partial charge in [-0.2, -0.15) is 0 Å². The van der Waals surface area contributed by atoms with E-state index in [-0.39, 0.29) is 0 Å². The summed E-state index contributed by atoms with van der Waals surface area (Å²) in [5.74, 6) is 0. The van der Waals surface area contributed by atoms with Gasteiger partial charge >= 0.3 is 0 Å². The van der Waals surface area contributed by atoms with E-state index in [1.165, 1.54) is 5.56 Å². The van der Waals surface area contributed by atoms with Gasteiger partial charge in [0.05, 0.1) is 0 Å². The van der Waals surface area contributed by atoms with Gasteiger partial charge in [0, 0.05) is 5.69 Å². The quantitative estimate of drug-likeness (QED) is 0.380. The molecular formula is C9H9N3O2-2. The van der Waals surface area contributed by atoms with Crippen LogP contribution >= 0.6 is 0 Å². The van der Waals surface area contributed by atoms with Gasteiger partial charge in [-0.15, -0.1) is 0 Å². The number of nitrogen functional groups attached to an aromatic ring is 1. The van der Waals surface area contributed by atoms with Crippen molar-refractivity contribution >= 4 is 17.8 Å². The molecule has 0 saturated heterocycles. The molecule has 0 fully saturated rings. The topological polar surface area (TPSA) is 105 Å². The fraction of sp³-hybridized carbons (Fsp3) is 0.111. The van der Waals surface area contributed by atoms with Crippen molar-refractivity contribution < 1.29 is 9.59 Å². The van der Waals surface area contributed by atoms with Crippen LogP contribution in [0.5, 0.6) is 0 Å². The zero-order valence-corrected chi connectivity index (χ0v) is 7.60. The zero-order chi connectivity index (χ0) is 11.4. The van der Waals surface area contributed by atoms with Crippen molar-refractivity contribution in [3.05, 3.63) is 40.6 Å². The first kappa shape index (κ1) is 14.3. The Bertz CT molecular complexity index is 295. The van der Waals surface area contributed by atoms with Gasteiger partial charge in [-0.25, -0.2) is 0 Å². The summed E-state index contributed by atoms with van der Waals surface area (Å²) in [4.78, 5) is 16.5. The molecule has 1 aromatic rings. The van der Waals surface area contributed by atoms with Crippen LogP contribution in [-0.2, 0) is 9.59 Å². The van der Waals surface area contributed by atoms with E-state index in [1.54, 1.807) is 0 Å². The molecule has 5 nitrogen and oxygen atoms in total. The standard InChI is InChI=1S/C7H9N.2CNO/c1-6-3-2-4-7(8)5-6;2*2-1-3/h2-5H,8H2,1H3;;/q;2*-1. The highest BCUT2D eigenvalue weighted by molar-refractivity contribution is 5.39. The number of hydrogen-bond acceptors (Lipinski definition) is 3. The van der Waals surface area contributed by atoms with E-state index < -0.39 is 0 Å². The van der Waals surface area contributed by atoms with Gasteiger partial charge in [-0.05, 0) is 36.8 Å². The van der Waals surface area contributed by atoms with Crippen molar-refractivity contribution in [3.63, 3.8) is 0 Å². The summed E-state index contributed by atoms with van der Waals surface area (Å²) >= 11 is 0. The van der Waals surface area contributed by atoms with Crippen LogP contribution in [0.2, 0.25) is 0 Å². The average molecular weight is 191 g/mol. The molecule has 0 heterocycles. The maximum absolute atomic E-state index is 8.24. The summed E-state index contributed by atoms with van der Waals surface area (Å²) in [6.07, 6.45) is 1.00. The van der Waals surface area contributed by atoms with Crippen LogP contribution in [0.1, 0.15) is 5.56 Å². The van der Waals surface area contributed by atoms with Crippen LogP contribution < -0.4 is 5.73 Å². The van der Waals surface area contributed by atoms with Crippen molar-refractivity contribution in [3.8, 4) is 0 Å². The molecule has 0 spiro atoms. The molecule has 5 heteroatoms. The lowest BCUT2D eigenvalue weighted by molar-refractivity contribution is 0.568. The molecular weight excluding hydrogens is 182 g/mol. The van der Waals surface area contributed by atoms with Crippen molar-refractivity contribution in [2.75, 3.05) is 5.73 Å². The minimum Gasteiger partial charge on any atom is -0.724 e. The Hall–Kier alpha value is -2.22. The van der Waals surface area contributed by atoms with Gasteiger partial charge in [-0.1, -0.05) is 12.1 Å². The van der Waals surface area contributed by atoms with Crippen molar-refractivity contribution in [2.45, 2.75) is 6.92 Å². The largest absolute Gasteiger partial charge is 0.724 e. The fourth-order valence-electron chi connectivity index (χ4n) is 0.670. The van der Waals surface area contributed by atoms with Crippen LogP contribution in [0.4, 0.5) is 5.69 Å². The smallest absolute Gasteiger partial charge is 0.0316 e. The molecule has 0 amide bonds. The Morgan fingerprint density at radius 2 is 1.64 bits per heavy atom. The van der Waals surface area contributed by atoms with Gasteiger partial charge in [0.2, 0.25) is 0 Å². The molecule has 0 aliphatic heterocycles. The highest BCUT2D eigenvalue weighted by Gasteiger charge is 1.81. The number of anilines is 1. The molecule has 1 aromatic carbocycles. The summed E-state index contributed by atoms with van der Waals surface area (Å²) in [7, 11) is 0. The van der Waals surface area contributed by atoms with E-state index >= 15 is 0 Å². The Morgan fingerprint density at radius 1 is 1.21 bits per heavy atom. The van der Waals surface area contributed by atoms with Gasteiger partial charge < -0.3 is 16.6 Å². The molecule has 1 rings (SSSR count). The average Bonchev–Trinajstić information content (AvgIpc) is 2.06. The Kier molecular flexibility index (Phi) is 11.0. The Morgan fingerprint density at radius 3 is 1.86 bits per heavy atom. The number of hydrogen-bond donors (Lipinski definition) is 1. The normalized spacial score (nSPS) is 6.36. The summed E-state index contributed by atoms with van der Waals surface area (Å²) in [6.45, 7) is 2.02. The molecule has 0 atom stereocenters. The second kappa shape index (κ2) is 10.8. The third kappa shape index (κ3) is 12.5. The van der Waals surface area contributed by atoms with E-state index in [0.717, 1.165) is 5.69 Å². The molecule has 0 bridgehead atoms. The van der Waals surface area contributed by atoms with Gasteiger partial charge in [-0.3, -0.25) is 9.59 Å². The number of rotatable bonds is 0. The molecule has 0 aliphatic rings. The number of nitrogens with zero attached hydrogens (tertiary/aromatic N) is 2. The van der Waals surface area contributed by atoms with Crippen LogP contribution in [-0.4, -0.2) is 12.2 Å². The van der Waals surface area contributed by atoms with Crippen LogP contribution in [0, 0.1) is 6.92 Å².